The number of allylic oxidation sites excluding steroid dienone is 2. The van der Waals surface area contributed by atoms with Crippen molar-refractivity contribution < 1.29 is 9.53 Å². The smallest absolute Gasteiger partial charge is 0.162 e. The van der Waals surface area contributed by atoms with Crippen LogP contribution in [0.1, 0.15) is 33.6 Å². The summed E-state index contributed by atoms with van der Waals surface area (Å²) in [7, 11) is 1.62. The highest BCUT2D eigenvalue weighted by Gasteiger charge is 2.31. The van der Waals surface area contributed by atoms with Crippen molar-refractivity contribution in [3.63, 3.8) is 0 Å². The molecule has 0 fully saturated rings. The van der Waals surface area contributed by atoms with Gasteiger partial charge in [0, 0.05) is 19.4 Å². The normalized spacial score (nSPS) is 18.7. The molecule has 2 heteroatoms. The zero-order chi connectivity index (χ0) is 11.4. The molecule has 0 aromatic carbocycles. The van der Waals surface area contributed by atoms with Crippen molar-refractivity contribution in [1.82, 2.24) is 0 Å². The van der Waals surface area contributed by atoms with Crippen molar-refractivity contribution in [2.75, 3.05) is 7.11 Å². The molecule has 0 amide bonds. The maximum atomic E-state index is 11.9. The van der Waals surface area contributed by atoms with Gasteiger partial charge in [-0.1, -0.05) is 30.2 Å². The second-order valence-electron chi connectivity index (χ2n) is 4.17. The quantitative estimate of drug-likeness (QED) is 0.694. The van der Waals surface area contributed by atoms with E-state index in [2.05, 4.69) is 26.0 Å². The number of rotatable bonds is 5. The fraction of sp³-hybridized carbons (Fsp3) is 0.615. The summed E-state index contributed by atoms with van der Waals surface area (Å²) in [5.41, 5.74) is 2.45. The number of carbonyl (C=O) groups excluding carboxylic acids is 1. The number of hydrogen-bond acceptors (Lipinski definition) is 2. The van der Waals surface area contributed by atoms with Gasteiger partial charge in [0.25, 0.3) is 0 Å². The molecule has 0 N–H and O–H groups in total. The van der Waals surface area contributed by atoms with Crippen LogP contribution in [0.3, 0.4) is 0 Å². The lowest BCUT2D eigenvalue weighted by Crippen LogP contribution is -2.32. The summed E-state index contributed by atoms with van der Waals surface area (Å²) >= 11 is 0. The topological polar surface area (TPSA) is 26.3 Å². The van der Waals surface area contributed by atoms with Gasteiger partial charge in [-0.25, -0.2) is 0 Å². The van der Waals surface area contributed by atoms with Crippen LogP contribution >= 0.6 is 0 Å². The lowest BCUT2D eigenvalue weighted by Gasteiger charge is -2.24. The van der Waals surface area contributed by atoms with Crippen LogP contribution in [0.5, 0.6) is 0 Å². The van der Waals surface area contributed by atoms with E-state index in [1.807, 2.05) is 6.92 Å². The summed E-state index contributed by atoms with van der Waals surface area (Å²) in [5, 5.41) is 0. The number of carbonyl (C=O) groups is 1. The summed E-state index contributed by atoms with van der Waals surface area (Å²) in [6.45, 7) is 6.14. The minimum absolute atomic E-state index is 0.161. The molecule has 2 nitrogen and oxygen atoms in total. The van der Waals surface area contributed by atoms with E-state index in [4.69, 9.17) is 4.74 Å². The first-order valence-corrected chi connectivity index (χ1v) is 5.52. The van der Waals surface area contributed by atoms with Crippen LogP contribution in [0.4, 0.5) is 0 Å². The van der Waals surface area contributed by atoms with E-state index in [1.54, 1.807) is 7.11 Å². The molecular formula is C13H20O2. The van der Waals surface area contributed by atoms with Crippen molar-refractivity contribution >= 4 is 5.78 Å². The summed E-state index contributed by atoms with van der Waals surface area (Å²) in [4.78, 5) is 11.9. The van der Waals surface area contributed by atoms with Crippen LogP contribution in [0, 0.1) is 5.92 Å². The second-order valence-corrected chi connectivity index (χ2v) is 4.17. The Morgan fingerprint density at radius 2 is 1.93 bits per heavy atom. The number of ketones is 1. The third-order valence-electron chi connectivity index (χ3n) is 2.96. The van der Waals surface area contributed by atoms with E-state index in [-0.39, 0.29) is 17.8 Å². The third kappa shape index (κ3) is 2.57. The van der Waals surface area contributed by atoms with Gasteiger partial charge in [0.15, 0.2) is 5.78 Å². The predicted octanol–water partition coefficient (Wildman–Crippen LogP) is 2.89. The Bertz CT molecular complexity index is 282. The highest BCUT2D eigenvalue weighted by molar-refractivity contribution is 5.84. The molecule has 0 spiro atoms. The summed E-state index contributed by atoms with van der Waals surface area (Å²) in [6.07, 6.45) is 5.35. The Labute approximate surface area is 92.0 Å². The molecule has 1 aliphatic carbocycles. The molecule has 1 rings (SSSR count). The van der Waals surface area contributed by atoms with Gasteiger partial charge < -0.3 is 4.74 Å². The monoisotopic (exact) mass is 208 g/mol. The van der Waals surface area contributed by atoms with Gasteiger partial charge in [0.2, 0.25) is 0 Å². The molecule has 0 aromatic heterocycles. The van der Waals surface area contributed by atoms with Gasteiger partial charge in [0.05, 0.1) is 0 Å². The molecule has 84 valence electrons. The predicted molar refractivity (Wildman–Crippen MR) is 61.7 cm³/mol. The van der Waals surface area contributed by atoms with Crippen molar-refractivity contribution in [2.24, 2.45) is 5.92 Å². The van der Waals surface area contributed by atoms with Gasteiger partial charge in [-0.05, 0) is 20.3 Å². The molecule has 0 bridgehead atoms. The Kier molecular flexibility index (Phi) is 4.28. The Morgan fingerprint density at radius 1 is 1.40 bits per heavy atom. The minimum Gasteiger partial charge on any atom is -0.373 e. The summed E-state index contributed by atoms with van der Waals surface area (Å²) in [6, 6.07) is 0. The average molecular weight is 208 g/mol. The molecule has 0 radical (unpaired) electrons. The second kappa shape index (κ2) is 5.26. The molecule has 1 aliphatic rings. The molecule has 0 aliphatic heterocycles. The van der Waals surface area contributed by atoms with Crippen molar-refractivity contribution in [3.8, 4) is 0 Å². The summed E-state index contributed by atoms with van der Waals surface area (Å²) in [5.74, 6) is 0.376. The largest absolute Gasteiger partial charge is 0.373 e. The van der Waals surface area contributed by atoms with Gasteiger partial charge in [-0.2, -0.15) is 0 Å². The summed E-state index contributed by atoms with van der Waals surface area (Å²) < 4.78 is 5.36. The molecule has 15 heavy (non-hydrogen) atoms. The number of Topliss-reactive ketones (excluding diaryl/α,β-unsaturated/α-hetero) is 1. The van der Waals surface area contributed by atoms with E-state index < -0.39 is 0 Å². The van der Waals surface area contributed by atoms with E-state index in [0.717, 1.165) is 6.42 Å². The number of ether oxygens (including phenoxy) is 1. The van der Waals surface area contributed by atoms with E-state index in [1.165, 1.54) is 11.1 Å². The molecule has 1 atom stereocenters. The highest BCUT2D eigenvalue weighted by Crippen LogP contribution is 2.31. The maximum Gasteiger partial charge on any atom is 0.162 e. The van der Waals surface area contributed by atoms with Gasteiger partial charge >= 0.3 is 0 Å². The number of hydrogen-bond donors (Lipinski definition) is 0. The van der Waals surface area contributed by atoms with Crippen molar-refractivity contribution in [1.29, 1.82) is 0 Å². The van der Waals surface area contributed by atoms with Crippen LogP contribution < -0.4 is 0 Å². The SMILES string of the molecule is CCCC(=O)C(OC)C1C(C)=CC=C1C. The first-order chi connectivity index (χ1) is 7.11. The molecule has 0 aromatic rings. The van der Waals surface area contributed by atoms with Crippen LogP contribution in [-0.2, 0) is 9.53 Å². The fourth-order valence-electron chi connectivity index (χ4n) is 2.15. The van der Waals surface area contributed by atoms with Gasteiger partial charge in [0.1, 0.15) is 6.10 Å². The molecule has 0 heterocycles. The van der Waals surface area contributed by atoms with Crippen LogP contribution in [-0.4, -0.2) is 19.0 Å². The molecule has 0 saturated carbocycles. The average Bonchev–Trinajstić information content (AvgIpc) is 2.51. The molecular weight excluding hydrogens is 188 g/mol. The van der Waals surface area contributed by atoms with E-state index >= 15 is 0 Å². The van der Waals surface area contributed by atoms with E-state index in [0.29, 0.717) is 6.42 Å². The van der Waals surface area contributed by atoms with E-state index in [9.17, 15) is 4.79 Å². The van der Waals surface area contributed by atoms with Crippen LogP contribution in [0.15, 0.2) is 23.3 Å². The highest BCUT2D eigenvalue weighted by atomic mass is 16.5. The van der Waals surface area contributed by atoms with Gasteiger partial charge in [-0.3, -0.25) is 4.79 Å². The zero-order valence-corrected chi connectivity index (χ0v) is 10.0. The first kappa shape index (κ1) is 12.2. The maximum absolute atomic E-state index is 11.9. The van der Waals surface area contributed by atoms with Crippen LogP contribution in [0.2, 0.25) is 0 Å². The standard InChI is InChI=1S/C13H20O2/c1-5-6-11(14)13(15-4)12-9(2)7-8-10(12)3/h7-8,12-13H,5-6H2,1-4H3. The molecule has 1 unspecified atom stereocenters. The van der Waals surface area contributed by atoms with Gasteiger partial charge in [-0.15, -0.1) is 0 Å². The van der Waals surface area contributed by atoms with Crippen LogP contribution in [0.25, 0.3) is 0 Å². The lowest BCUT2D eigenvalue weighted by molar-refractivity contribution is -0.130. The zero-order valence-electron chi connectivity index (χ0n) is 10.0. The minimum atomic E-state index is -0.292. The Hall–Kier alpha value is -0.890. The van der Waals surface area contributed by atoms with Crippen molar-refractivity contribution in [2.45, 2.75) is 39.7 Å². The number of methoxy groups -OCH3 is 1. The van der Waals surface area contributed by atoms with Crippen molar-refractivity contribution in [3.05, 3.63) is 23.3 Å². The third-order valence-corrected chi connectivity index (χ3v) is 2.96. The molecule has 0 saturated heterocycles. The fourth-order valence-corrected chi connectivity index (χ4v) is 2.15. The first-order valence-electron chi connectivity index (χ1n) is 5.52. The Morgan fingerprint density at radius 3 is 2.33 bits per heavy atom. The Balaban J connectivity index is 2.79. The lowest BCUT2D eigenvalue weighted by atomic mass is 9.88.